The smallest absolute Gasteiger partial charge is 0.227 e. The molecule has 0 spiro atoms. The van der Waals surface area contributed by atoms with Gasteiger partial charge in [0.1, 0.15) is 0 Å². The van der Waals surface area contributed by atoms with E-state index in [0.717, 1.165) is 24.2 Å². The monoisotopic (exact) mass is 260 g/mol. The van der Waals surface area contributed by atoms with E-state index in [-0.39, 0.29) is 0 Å². The molecule has 1 aromatic carbocycles. The number of aryl methyl sites for hydroxylation is 2. The summed E-state index contributed by atoms with van der Waals surface area (Å²) in [5, 5.41) is 3.69. The van der Waals surface area contributed by atoms with Crippen LogP contribution in [0.4, 0.5) is 17.3 Å². The fourth-order valence-electron chi connectivity index (χ4n) is 2.12. The van der Waals surface area contributed by atoms with Gasteiger partial charge in [-0.25, -0.2) is 9.97 Å². The van der Waals surface area contributed by atoms with Gasteiger partial charge in [0, 0.05) is 17.6 Å². The molecular formula is C13H13ClN4. The molecule has 2 aromatic rings. The third-order valence-electron chi connectivity index (χ3n) is 3.07. The first kappa shape index (κ1) is 11.3. The first-order valence-electron chi connectivity index (χ1n) is 5.89. The fraction of sp³-hybridized carbons (Fsp3) is 0.231. The SMILES string of the molecule is Nc1cc(Nc2ncc3c(n2)CCC3)ccc1Cl. The lowest BCUT2D eigenvalue weighted by Crippen LogP contribution is -2.00. The highest BCUT2D eigenvalue weighted by Crippen LogP contribution is 2.25. The predicted octanol–water partition coefficient (Wildman–Crippen LogP) is 2.94. The highest BCUT2D eigenvalue weighted by atomic mass is 35.5. The third kappa shape index (κ3) is 2.11. The zero-order valence-corrected chi connectivity index (χ0v) is 10.5. The normalized spacial score (nSPS) is 13.4. The molecule has 0 atom stereocenters. The molecule has 3 rings (SSSR count). The molecule has 4 nitrogen and oxygen atoms in total. The number of rotatable bonds is 2. The number of fused-ring (bicyclic) bond motifs is 1. The van der Waals surface area contributed by atoms with Crippen molar-refractivity contribution in [2.75, 3.05) is 11.1 Å². The van der Waals surface area contributed by atoms with Gasteiger partial charge in [0.15, 0.2) is 0 Å². The maximum atomic E-state index is 5.88. The maximum Gasteiger partial charge on any atom is 0.227 e. The lowest BCUT2D eigenvalue weighted by Gasteiger charge is -2.07. The van der Waals surface area contributed by atoms with Crippen LogP contribution >= 0.6 is 11.6 Å². The summed E-state index contributed by atoms with van der Waals surface area (Å²) in [5.41, 5.74) is 9.55. The van der Waals surface area contributed by atoms with Crippen molar-refractivity contribution in [2.24, 2.45) is 0 Å². The Morgan fingerprint density at radius 2 is 2.17 bits per heavy atom. The minimum atomic E-state index is 0.544. The van der Waals surface area contributed by atoms with Gasteiger partial charge in [-0.15, -0.1) is 0 Å². The van der Waals surface area contributed by atoms with Crippen molar-refractivity contribution in [1.29, 1.82) is 0 Å². The number of nitrogens with two attached hydrogens (primary N) is 1. The zero-order valence-electron chi connectivity index (χ0n) is 9.78. The third-order valence-corrected chi connectivity index (χ3v) is 3.41. The molecule has 18 heavy (non-hydrogen) atoms. The van der Waals surface area contributed by atoms with Gasteiger partial charge in [-0.1, -0.05) is 11.6 Å². The van der Waals surface area contributed by atoms with E-state index in [1.807, 2.05) is 12.3 Å². The number of aromatic nitrogens is 2. The summed E-state index contributed by atoms with van der Waals surface area (Å²) in [6, 6.07) is 5.39. The van der Waals surface area contributed by atoms with Gasteiger partial charge in [-0.05, 0) is 43.0 Å². The summed E-state index contributed by atoms with van der Waals surface area (Å²) in [6.07, 6.45) is 5.19. The number of halogens is 1. The van der Waals surface area contributed by atoms with Crippen LogP contribution in [-0.2, 0) is 12.8 Å². The number of hydrogen-bond acceptors (Lipinski definition) is 4. The molecule has 1 aliphatic carbocycles. The summed E-state index contributed by atoms with van der Waals surface area (Å²) in [4.78, 5) is 8.81. The Hall–Kier alpha value is -1.81. The maximum absolute atomic E-state index is 5.88. The van der Waals surface area contributed by atoms with Crippen molar-refractivity contribution in [3.63, 3.8) is 0 Å². The second kappa shape index (κ2) is 4.46. The van der Waals surface area contributed by atoms with E-state index in [4.69, 9.17) is 17.3 Å². The number of anilines is 3. The number of hydrogen-bond donors (Lipinski definition) is 2. The minimum absolute atomic E-state index is 0.544. The van der Waals surface area contributed by atoms with Gasteiger partial charge < -0.3 is 11.1 Å². The largest absolute Gasteiger partial charge is 0.397 e. The molecule has 0 saturated heterocycles. The molecule has 0 unspecified atom stereocenters. The van der Waals surface area contributed by atoms with E-state index in [9.17, 15) is 0 Å². The molecule has 92 valence electrons. The summed E-state index contributed by atoms with van der Waals surface area (Å²) in [5.74, 6) is 0.609. The van der Waals surface area contributed by atoms with Gasteiger partial charge in [-0.3, -0.25) is 0 Å². The molecule has 0 saturated carbocycles. The van der Waals surface area contributed by atoms with Gasteiger partial charge in [0.2, 0.25) is 5.95 Å². The number of nitrogen functional groups attached to an aromatic ring is 1. The van der Waals surface area contributed by atoms with Crippen molar-refractivity contribution in [1.82, 2.24) is 9.97 Å². The van der Waals surface area contributed by atoms with E-state index < -0.39 is 0 Å². The molecule has 0 aliphatic heterocycles. The van der Waals surface area contributed by atoms with Gasteiger partial charge in [0.25, 0.3) is 0 Å². The van der Waals surface area contributed by atoms with Crippen LogP contribution in [0.2, 0.25) is 5.02 Å². The van der Waals surface area contributed by atoms with Crippen LogP contribution in [0.1, 0.15) is 17.7 Å². The minimum Gasteiger partial charge on any atom is -0.397 e. The highest BCUT2D eigenvalue weighted by molar-refractivity contribution is 6.33. The van der Waals surface area contributed by atoms with Crippen LogP contribution in [0.15, 0.2) is 24.4 Å². The topological polar surface area (TPSA) is 63.8 Å². The second-order valence-electron chi connectivity index (χ2n) is 4.38. The number of nitrogens with zero attached hydrogens (tertiary/aromatic N) is 2. The fourth-order valence-corrected chi connectivity index (χ4v) is 2.24. The van der Waals surface area contributed by atoms with Crippen molar-refractivity contribution in [3.8, 4) is 0 Å². The lowest BCUT2D eigenvalue weighted by molar-refractivity contribution is 0.900. The van der Waals surface area contributed by atoms with Crippen molar-refractivity contribution in [2.45, 2.75) is 19.3 Å². The first-order valence-corrected chi connectivity index (χ1v) is 6.27. The van der Waals surface area contributed by atoms with E-state index in [1.54, 1.807) is 12.1 Å². The van der Waals surface area contributed by atoms with E-state index in [2.05, 4.69) is 15.3 Å². The summed E-state index contributed by atoms with van der Waals surface area (Å²) in [7, 11) is 0. The van der Waals surface area contributed by atoms with Crippen LogP contribution in [0.5, 0.6) is 0 Å². The molecule has 1 aliphatic rings. The van der Waals surface area contributed by atoms with Crippen LogP contribution in [0, 0.1) is 0 Å². The first-order chi connectivity index (χ1) is 8.72. The Kier molecular flexibility index (Phi) is 2.80. The van der Waals surface area contributed by atoms with Crippen LogP contribution in [0.3, 0.4) is 0 Å². The molecule has 0 radical (unpaired) electrons. The lowest BCUT2D eigenvalue weighted by atomic mass is 10.2. The summed E-state index contributed by atoms with van der Waals surface area (Å²) in [6.45, 7) is 0. The van der Waals surface area contributed by atoms with Crippen LogP contribution in [0.25, 0.3) is 0 Å². The average molecular weight is 261 g/mol. The number of nitrogens with one attached hydrogen (secondary N) is 1. The Balaban J connectivity index is 1.85. The van der Waals surface area contributed by atoms with E-state index in [0.29, 0.717) is 16.7 Å². The van der Waals surface area contributed by atoms with Crippen molar-refractivity contribution < 1.29 is 0 Å². The standard InChI is InChI=1S/C13H13ClN4/c14-10-5-4-9(6-11(10)15)17-13-16-7-8-2-1-3-12(8)18-13/h4-7H,1-3,15H2,(H,16,17,18). The summed E-state index contributed by atoms with van der Waals surface area (Å²) >= 11 is 5.88. The molecule has 0 bridgehead atoms. The van der Waals surface area contributed by atoms with Crippen LogP contribution in [-0.4, -0.2) is 9.97 Å². The molecular weight excluding hydrogens is 248 g/mol. The number of benzene rings is 1. The van der Waals surface area contributed by atoms with Crippen molar-refractivity contribution >= 4 is 28.9 Å². The zero-order chi connectivity index (χ0) is 12.5. The van der Waals surface area contributed by atoms with Gasteiger partial charge in [-0.2, -0.15) is 0 Å². The second-order valence-corrected chi connectivity index (χ2v) is 4.79. The molecule has 1 heterocycles. The predicted molar refractivity (Wildman–Crippen MR) is 73.2 cm³/mol. The Morgan fingerprint density at radius 1 is 1.28 bits per heavy atom. The molecule has 1 aromatic heterocycles. The Morgan fingerprint density at radius 3 is 3.00 bits per heavy atom. The van der Waals surface area contributed by atoms with Crippen molar-refractivity contribution in [3.05, 3.63) is 40.7 Å². The average Bonchev–Trinajstić information content (AvgIpc) is 2.81. The van der Waals surface area contributed by atoms with E-state index in [1.165, 1.54) is 12.0 Å². The van der Waals surface area contributed by atoms with E-state index >= 15 is 0 Å². The van der Waals surface area contributed by atoms with Gasteiger partial charge in [0.05, 0.1) is 10.7 Å². The molecule has 3 N–H and O–H groups in total. The quantitative estimate of drug-likeness (QED) is 0.815. The Labute approximate surface area is 110 Å². The van der Waals surface area contributed by atoms with Crippen LogP contribution < -0.4 is 11.1 Å². The van der Waals surface area contributed by atoms with Gasteiger partial charge >= 0.3 is 0 Å². The Bertz CT molecular complexity index is 598. The molecule has 0 amide bonds. The molecule has 5 heteroatoms. The highest BCUT2D eigenvalue weighted by Gasteiger charge is 2.13. The summed E-state index contributed by atoms with van der Waals surface area (Å²) < 4.78 is 0. The molecule has 0 fully saturated rings.